The number of nitrogens with one attached hydrogen (secondary N) is 3. The van der Waals surface area contributed by atoms with Crippen molar-refractivity contribution >= 4 is 69.0 Å². The molecule has 21 nitrogen and oxygen atoms in total. The fraction of sp³-hybridized carbons (Fsp3) is 0.395. The van der Waals surface area contributed by atoms with Gasteiger partial charge < -0.3 is 46.0 Å². The molecule has 6 aromatic rings. The van der Waals surface area contributed by atoms with Gasteiger partial charge in [0.25, 0.3) is 11.8 Å². The smallest absolute Gasteiger partial charge is 0.278 e. The lowest BCUT2D eigenvalue weighted by atomic mass is 10.0. The van der Waals surface area contributed by atoms with Gasteiger partial charge in [0.05, 0.1) is 59.6 Å². The highest BCUT2D eigenvalue weighted by molar-refractivity contribution is 6.08. The van der Waals surface area contributed by atoms with E-state index in [0.717, 1.165) is 32.8 Å². The van der Waals surface area contributed by atoms with Gasteiger partial charge in [-0.3, -0.25) is 39.2 Å². The second-order valence-electron chi connectivity index (χ2n) is 16.0. The number of fused-ring (bicyclic) bond motifs is 3. The molecular weight excluding hydrogens is 823 g/mol. The van der Waals surface area contributed by atoms with Crippen molar-refractivity contribution in [3.8, 4) is 5.75 Å². The molecule has 0 bridgehead atoms. The first-order valence-corrected chi connectivity index (χ1v) is 21.2. The van der Waals surface area contributed by atoms with Crippen LogP contribution in [0.1, 0.15) is 66.9 Å². The van der Waals surface area contributed by atoms with E-state index >= 15 is 0 Å². The molecular formula is C43H53N15O6. The number of ether oxygens (including phenoxy) is 2. The molecule has 4 aromatic heterocycles. The van der Waals surface area contributed by atoms with Crippen molar-refractivity contribution in [2.24, 2.45) is 23.3 Å². The number of hydrogen-bond donors (Lipinski definition) is 6. The summed E-state index contributed by atoms with van der Waals surface area (Å²) in [5.41, 5.74) is 22.7. The molecule has 336 valence electrons. The molecule has 2 unspecified atom stereocenters. The van der Waals surface area contributed by atoms with E-state index in [2.05, 4.69) is 31.0 Å². The summed E-state index contributed by atoms with van der Waals surface area (Å²) >= 11 is 0. The maximum absolute atomic E-state index is 13.9. The molecule has 2 aliphatic rings. The van der Waals surface area contributed by atoms with Gasteiger partial charge in [0.1, 0.15) is 22.7 Å². The van der Waals surface area contributed by atoms with Crippen LogP contribution in [0.25, 0.3) is 22.1 Å². The van der Waals surface area contributed by atoms with Gasteiger partial charge in [-0.1, -0.05) is 12.2 Å². The van der Waals surface area contributed by atoms with Crippen molar-refractivity contribution in [2.45, 2.75) is 53.9 Å². The van der Waals surface area contributed by atoms with Gasteiger partial charge in [-0.2, -0.15) is 10.2 Å². The highest BCUT2D eigenvalue weighted by Crippen LogP contribution is 2.33. The van der Waals surface area contributed by atoms with Crippen molar-refractivity contribution in [1.82, 2.24) is 43.6 Å². The van der Waals surface area contributed by atoms with Gasteiger partial charge in [0, 0.05) is 75.3 Å². The fourth-order valence-corrected chi connectivity index (χ4v) is 8.65. The molecule has 2 aromatic carbocycles. The summed E-state index contributed by atoms with van der Waals surface area (Å²) in [5.74, 6) is -0.490. The maximum Gasteiger partial charge on any atom is 0.278 e. The number of likely N-dealkylation sites (tertiary alicyclic amines) is 1. The van der Waals surface area contributed by atoms with E-state index in [-0.39, 0.29) is 47.5 Å². The van der Waals surface area contributed by atoms with Crippen molar-refractivity contribution in [3.63, 3.8) is 0 Å². The van der Waals surface area contributed by atoms with E-state index in [9.17, 15) is 19.2 Å². The topological polar surface area (TPSA) is 275 Å². The first-order valence-electron chi connectivity index (χ1n) is 21.2. The number of anilines is 4. The number of benzene rings is 2. The Morgan fingerprint density at radius 2 is 1.41 bits per heavy atom. The molecule has 0 spiro atoms. The lowest BCUT2D eigenvalue weighted by molar-refractivity contribution is 0.0992. The predicted octanol–water partition coefficient (Wildman–Crippen LogP) is 2.98. The fourth-order valence-electron chi connectivity index (χ4n) is 8.65. The summed E-state index contributed by atoms with van der Waals surface area (Å²) in [4.78, 5) is 64.6. The van der Waals surface area contributed by atoms with Crippen LogP contribution in [0.2, 0.25) is 0 Å². The number of allylic oxidation sites excluding steroid dienone is 2. The first-order chi connectivity index (χ1) is 30.8. The van der Waals surface area contributed by atoms with Crippen LogP contribution in [0, 0.1) is 25.7 Å². The molecule has 8 rings (SSSR count). The minimum atomic E-state index is -0.676. The van der Waals surface area contributed by atoms with Crippen LogP contribution in [-0.4, -0.2) is 114 Å². The number of aryl methyl sites for hydroxylation is 4. The molecule has 64 heavy (non-hydrogen) atoms. The van der Waals surface area contributed by atoms with E-state index in [4.69, 9.17) is 36.6 Å². The first kappa shape index (κ1) is 43.4. The monoisotopic (exact) mass is 875 g/mol. The van der Waals surface area contributed by atoms with E-state index in [1.54, 1.807) is 34.4 Å². The Bertz CT molecular complexity index is 2820. The third-order valence-electron chi connectivity index (χ3n) is 11.8. The van der Waals surface area contributed by atoms with Gasteiger partial charge in [0.15, 0.2) is 0 Å². The van der Waals surface area contributed by atoms with Crippen LogP contribution in [-0.2, 0) is 30.9 Å². The van der Waals surface area contributed by atoms with Gasteiger partial charge >= 0.3 is 0 Å². The number of nitrogens with zero attached hydrogens (tertiary/aromatic N) is 9. The molecule has 0 saturated carbocycles. The molecule has 2 fully saturated rings. The molecule has 2 atom stereocenters. The summed E-state index contributed by atoms with van der Waals surface area (Å²) in [6.45, 7) is 13.4. The zero-order valence-corrected chi connectivity index (χ0v) is 36.5. The number of carbonyl (C=O) groups excluding carboxylic acids is 4. The molecule has 9 N–H and O–H groups in total. The minimum Gasteiger partial charge on any atom is -0.494 e. The number of carbonyl (C=O) groups is 4. The number of aromatic nitrogens is 8. The van der Waals surface area contributed by atoms with Crippen LogP contribution >= 0.6 is 0 Å². The lowest BCUT2D eigenvalue weighted by Gasteiger charge is -2.18. The Balaban J connectivity index is 1.15. The summed E-state index contributed by atoms with van der Waals surface area (Å²) in [5, 5.41) is 18.3. The van der Waals surface area contributed by atoms with E-state index in [0.29, 0.717) is 82.1 Å². The Morgan fingerprint density at radius 1 is 0.812 bits per heavy atom. The molecule has 2 aliphatic heterocycles. The SMILES string of the molecule is CCn1nc(C)cc1C(=O)Nc1nc2cc(C(N)=O)cc(NCCN3CC4COCC4C3)c2n1C/C=C/Cn1c(NC(=O)c2c(N)c(C)nn2CC)nc2cc(C(N)=O)cc(OC)c21. The van der Waals surface area contributed by atoms with Crippen LogP contribution in [0.4, 0.5) is 23.3 Å². The highest BCUT2D eigenvalue weighted by atomic mass is 16.5. The zero-order chi connectivity index (χ0) is 45.4. The van der Waals surface area contributed by atoms with Crippen LogP contribution in [0.3, 0.4) is 0 Å². The normalized spacial score (nSPS) is 16.3. The number of methoxy groups -OCH3 is 1. The van der Waals surface area contributed by atoms with Crippen LogP contribution in [0.15, 0.2) is 42.5 Å². The Labute approximate surface area is 367 Å². The average molecular weight is 876 g/mol. The number of hydrogen-bond acceptors (Lipinski definition) is 13. The number of imidazole rings is 2. The molecule has 2 saturated heterocycles. The van der Waals surface area contributed by atoms with Gasteiger partial charge in [0.2, 0.25) is 23.7 Å². The van der Waals surface area contributed by atoms with E-state index in [1.807, 2.05) is 37.5 Å². The van der Waals surface area contributed by atoms with Crippen LogP contribution in [0.5, 0.6) is 5.75 Å². The summed E-state index contributed by atoms with van der Waals surface area (Å²) < 4.78 is 18.1. The Hall–Kier alpha value is -7.26. The van der Waals surface area contributed by atoms with Crippen molar-refractivity contribution in [3.05, 3.63) is 76.4 Å². The third kappa shape index (κ3) is 8.33. The van der Waals surface area contributed by atoms with Crippen molar-refractivity contribution in [1.29, 1.82) is 0 Å². The average Bonchev–Trinajstić information content (AvgIpc) is 4.12. The molecule has 21 heteroatoms. The predicted molar refractivity (Wildman–Crippen MR) is 241 cm³/mol. The lowest BCUT2D eigenvalue weighted by Crippen LogP contribution is -2.28. The summed E-state index contributed by atoms with van der Waals surface area (Å²) in [7, 11) is 1.46. The number of nitrogen functional groups attached to an aromatic ring is 1. The van der Waals surface area contributed by atoms with Gasteiger partial charge in [-0.25, -0.2) is 9.97 Å². The van der Waals surface area contributed by atoms with Crippen molar-refractivity contribution < 1.29 is 28.7 Å². The zero-order valence-electron chi connectivity index (χ0n) is 36.5. The number of amides is 4. The maximum atomic E-state index is 13.9. The third-order valence-corrected chi connectivity index (χ3v) is 11.8. The molecule has 0 radical (unpaired) electrons. The minimum absolute atomic E-state index is 0.147. The second-order valence-corrected chi connectivity index (χ2v) is 16.0. The Kier molecular flexibility index (Phi) is 12.1. The molecule has 0 aliphatic carbocycles. The quantitative estimate of drug-likeness (QED) is 0.0721. The van der Waals surface area contributed by atoms with Crippen molar-refractivity contribution in [2.75, 3.05) is 68.2 Å². The molecule has 4 amide bonds. The van der Waals surface area contributed by atoms with E-state index < -0.39 is 23.6 Å². The number of rotatable bonds is 17. The summed E-state index contributed by atoms with van der Waals surface area (Å²) in [6.07, 6.45) is 3.74. The van der Waals surface area contributed by atoms with Gasteiger partial charge in [-0.15, -0.1) is 0 Å². The second kappa shape index (κ2) is 17.8. The number of nitrogens with two attached hydrogens (primary N) is 3. The van der Waals surface area contributed by atoms with Gasteiger partial charge in [-0.05, 0) is 58.0 Å². The summed E-state index contributed by atoms with van der Waals surface area (Å²) in [6, 6.07) is 8.07. The van der Waals surface area contributed by atoms with Crippen LogP contribution < -0.4 is 37.9 Å². The molecule has 6 heterocycles. The number of primary amides is 2. The standard InChI is InChI=1S/C43H53N15O6/c1-6-57-32(14-23(3)52-57)40(61)50-42-48-30-16-25(38(45)59)15-29(47-10-13-54-19-27-21-64-22-28(27)20-54)35(30)55(42)11-8-9-12-56-36-31(17-26(39(46)60)18-33(36)63-5)49-43(56)51-41(62)37-34(44)24(4)53-58(37)7-2/h8-9,14-18,27-28,47H,6-7,10-13,19-22,44H2,1-5H3,(H2,45,59)(H2,46,60)(H,48,50,61)(H,49,51,62)/b9-8+. The van der Waals surface area contributed by atoms with E-state index in [1.165, 1.54) is 23.9 Å². The Morgan fingerprint density at radius 3 is 2.02 bits per heavy atom. The highest BCUT2D eigenvalue weighted by Gasteiger charge is 2.36. The largest absolute Gasteiger partial charge is 0.494 e.